The van der Waals surface area contributed by atoms with E-state index in [2.05, 4.69) is 32.0 Å². The van der Waals surface area contributed by atoms with E-state index in [1.54, 1.807) is 23.0 Å². The minimum Gasteiger partial charge on any atom is -0.477 e. The SMILES string of the molecule is Cc1cc2cc(n1)-c1cnn(C)c1OCCCC(C)CN1/C(=N/C2=O)Nc2ccc(N[SH]3(=O)CCOCC3)c(Cl)c21. The molecule has 11 nitrogen and oxygen atoms in total. The van der Waals surface area contributed by atoms with Crippen LogP contribution in [0.5, 0.6) is 5.88 Å². The van der Waals surface area contributed by atoms with Gasteiger partial charge >= 0.3 is 0 Å². The van der Waals surface area contributed by atoms with E-state index in [9.17, 15) is 9.00 Å². The summed E-state index contributed by atoms with van der Waals surface area (Å²) in [6.07, 6.45) is 3.39. The Bertz CT molecular complexity index is 1580. The molecule has 218 valence electrons. The topological polar surface area (TPSA) is 123 Å². The molecule has 3 aliphatic rings. The number of hydrogen-bond donors (Lipinski definition) is 3. The molecule has 1 fully saturated rings. The van der Waals surface area contributed by atoms with Crippen molar-refractivity contribution in [3.05, 3.63) is 46.7 Å². The zero-order valence-corrected chi connectivity index (χ0v) is 25.0. The average molecular weight is 600 g/mol. The number of amides is 1. The van der Waals surface area contributed by atoms with Gasteiger partial charge in [0.25, 0.3) is 5.91 Å². The quantitative estimate of drug-likeness (QED) is 0.377. The molecule has 1 saturated heterocycles. The van der Waals surface area contributed by atoms with Gasteiger partial charge in [0.05, 0.1) is 59.4 Å². The number of halogens is 1. The Morgan fingerprint density at radius 3 is 2.80 bits per heavy atom. The van der Waals surface area contributed by atoms with Crippen molar-refractivity contribution in [1.29, 1.82) is 0 Å². The highest BCUT2D eigenvalue weighted by molar-refractivity contribution is 8.04. The molecule has 1 aromatic carbocycles. The highest BCUT2D eigenvalue weighted by Crippen LogP contribution is 2.44. The van der Waals surface area contributed by atoms with Crippen molar-refractivity contribution in [2.24, 2.45) is 18.0 Å². The standard InChI is InChI=1S/C28H34ClN7O4S/c1-17-5-4-8-40-27-20(15-30-35(27)3)23-14-19(13-18(2)31-23)26(37)33-28-32-22-7-6-21(24(29)25(22)36(28)16-17)34-41(38)11-9-39-10-12-41/h6-7,13-15,17,41H,4-5,8-12,16H2,1-3H3,(H,34,38)(H,32,33,37). The molecule has 5 heterocycles. The highest BCUT2D eigenvalue weighted by atomic mass is 35.5. The number of thiol groups is 1. The maximum absolute atomic E-state index is 13.6. The van der Waals surface area contributed by atoms with Gasteiger partial charge in [0, 0.05) is 36.4 Å². The molecule has 0 radical (unpaired) electrons. The predicted octanol–water partition coefficient (Wildman–Crippen LogP) is 4.05. The van der Waals surface area contributed by atoms with Gasteiger partial charge in [-0.25, -0.2) is 4.68 Å². The molecule has 0 saturated carbocycles. The van der Waals surface area contributed by atoms with Gasteiger partial charge in [-0.3, -0.25) is 14.0 Å². The summed E-state index contributed by atoms with van der Waals surface area (Å²) in [6.45, 7) is 5.99. The maximum Gasteiger partial charge on any atom is 0.280 e. The van der Waals surface area contributed by atoms with Crippen molar-refractivity contribution in [2.45, 2.75) is 26.7 Å². The summed E-state index contributed by atoms with van der Waals surface area (Å²) in [4.78, 5) is 24.7. The average Bonchev–Trinajstić information content (AvgIpc) is 3.47. The first-order valence-corrected chi connectivity index (χ1v) is 16.2. The first kappa shape index (κ1) is 27.7. The number of ether oxygens (including phenoxy) is 2. The first-order valence-electron chi connectivity index (χ1n) is 13.8. The van der Waals surface area contributed by atoms with Crippen LogP contribution in [0.2, 0.25) is 5.02 Å². The van der Waals surface area contributed by atoms with Crippen molar-refractivity contribution in [3.8, 4) is 17.1 Å². The van der Waals surface area contributed by atoms with E-state index in [1.165, 1.54) is 0 Å². The molecule has 1 amide bonds. The summed E-state index contributed by atoms with van der Waals surface area (Å²) in [5.74, 6) is 1.73. The number of aryl methyl sites for hydroxylation is 2. The summed E-state index contributed by atoms with van der Waals surface area (Å²) < 4.78 is 29.9. The summed E-state index contributed by atoms with van der Waals surface area (Å²) >= 11 is 6.99. The number of carbonyl (C=O) groups excluding carboxylic acids is 1. The third-order valence-electron chi connectivity index (χ3n) is 7.55. The number of rotatable bonds is 2. The van der Waals surface area contributed by atoms with Crippen LogP contribution >= 0.6 is 11.6 Å². The molecule has 3 aliphatic heterocycles. The van der Waals surface area contributed by atoms with Crippen LogP contribution in [0.4, 0.5) is 17.1 Å². The van der Waals surface area contributed by atoms with E-state index in [0.29, 0.717) is 83.1 Å². The minimum atomic E-state index is -2.67. The van der Waals surface area contributed by atoms with Crippen molar-refractivity contribution in [3.63, 3.8) is 0 Å². The van der Waals surface area contributed by atoms with Crippen LogP contribution in [0, 0.1) is 12.8 Å². The molecule has 0 aliphatic carbocycles. The maximum atomic E-state index is 13.6. The van der Waals surface area contributed by atoms with Crippen LogP contribution in [-0.4, -0.2) is 68.7 Å². The van der Waals surface area contributed by atoms with Crippen molar-refractivity contribution in [2.75, 3.05) is 52.8 Å². The van der Waals surface area contributed by atoms with Gasteiger partial charge in [-0.1, -0.05) is 18.5 Å². The third kappa shape index (κ3) is 5.55. The van der Waals surface area contributed by atoms with E-state index >= 15 is 0 Å². The number of aliphatic imine (C=N–C) groups is 1. The molecular formula is C28H34ClN7O4S. The van der Waals surface area contributed by atoms with Crippen LogP contribution in [-0.2, 0) is 21.9 Å². The number of anilines is 3. The van der Waals surface area contributed by atoms with Crippen molar-refractivity contribution in [1.82, 2.24) is 14.8 Å². The smallest absolute Gasteiger partial charge is 0.280 e. The Hall–Kier alpha value is -3.48. The minimum absolute atomic E-state index is 0.217. The van der Waals surface area contributed by atoms with E-state index in [-0.39, 0.29) is 5.92 Å². The normalized spacial score (nSPS) is 22.4. The van der Waals surface area contributed by atoms with Crippen LogP contribution in [0.25, 0.3) is 11.3 Å². The number of pyridine rings is 1. The van der Waals surface area contributed by atoms with Gasteiger partial charge in [-0.05, 0) is 60.1 Å². The number of aromatic nitrogens is 3. The molecule has 2 N–H and O–H groups in total. The fraction of sp³-hybridized carbons (Fsp3) is 0.429. The second-order valence-corrected chi connectivity index (χ2v) is 14.1. The van der Waals surface area contributed by atoms with Crippen molar-refractivity contribution >= 4 is 50.6 Å². The van der Waals surface area contributed by atoms with Crippen LogP contribution < -0.4 is 19.7 Å². The zero-order valence-electron chi connectivity index (χ0n) is 23.3. The number of benzene rings is 1. The van der Waals surface area contributed by atoms with E-state index in [4.69, 9.17) is 21.1 Å². The van der Waals surface area contributed by atoms with Gasteiger partial charge in [0.15, 0.2) is 0 Å². The largest absolute Gasteiger partial charge is 0.477 e. The van der Waals surface area contributed by atoms with E-state index < -0.39 is 16.0 Å². The van der Waals surface area contributed by atoms with Gasteiger partial charge in [0.2, 0.25) is 11.8 Å². The second kappa shape index (κ2) is 11.1. The van der Waals surface area contributed by atoms with E-state index in [0.717, 1.165) is 24.1 Å². The molecule has 0 spiro atoms. The number of guanidine groups is 1. The first-order chi connectivity index (χ1) is 19.7. The number of fused-ring (bicyclic) bond motifs is 7. The Morgan fingerprint density at radius 2 is 2.00 bits per heavy atom. The molecular weight excluding hydrogens is 566 g/mol. The molecule has 6 rings (SSSR count). The van der Waals surface area contributed by atoms with Crippen LogP contribution in [0.1, 0.15) is 35.8 Å². The summed E-state index contributed by atoms with van der Waals surface area (Å²) in [5.41, 5.74) is 4.45. The third-order valence-corrected chi connectivity index (χ3v) is 10.4. The highest BCUT2D eigenvalue weighted by Gasteiger charge is 2.32. The van der Waals surface area contributed by atoms with Crippen LogP contribution in [0.15, 0.2) is 35.5 Å². The lowest BCUT2D eigenvalue weighted by Crippen LogP contribution is -2.38. The number of nitrogens with zero attached hydrogens (tertiary/aromatic N) is 5. The van der Waals surface area contributed by atoms with Crippen LogP contribution in [0.3, 0.4) is 0 Å². The Balaban J connectivity index is 1.40. The van der Waals surface area contributed by atoms with Gasteiger partial charge < -0.3 is 24.4 Å². The zero-order chi connectivity index (χ0) is 28.7. The van der Waals surface area contributed by atoms with Crippen molar-refractivity contribution < 1.29 is 18.5 Å². The Kier molecular flexibility index (Phi) is 7.47. The molecule has 13 heteroatoms. The number of hydrogen-bond acceptors (Lipinski definition) is 8. The van der Waals surface area contributed by atoms with Gasteiger partial charge in [0.1, 0.15) is 0 Å². The van der Waals surface area contributed by atoms with Gasteiger partial charge in [-0.15, -0.1) is 0 Å². The predicted molar refractivity (Wildman–Crippen MR) is 163 cm³/mol. The molecule has 1 unspecified atom stereocenters. The second-order valence-electron chi connectivity index (χ2n) is 10.8. The monoisotopic (exact) mass is 599 g/mol. The summed E-state index contributed by atoms with van der Waals surface area (Å²) in [7, 11) is -0.840. The molecule has 3 aromatic rings. The number of carbonyl (C=O) groups is 1. The number of nitrogens with one attached hydrogen (secondary N) is 2. The fourth-order valence-electron chi connectivity index (χ4n) is 5.41. The summed E-state index contributed by atoms with van der Waals surface area (Å²) in [5, 5.41) is 8.10. The Morgan fingerprint density at radius 1 is 1.20 bits per heavy atom. The molecule has 41 heavy (non-hydrogen) atoms. The van der Waals surface area contributed by atoms with E-state index in [1.807, 2.05) is 31.0 Å². The molecule has 1 atom stereocenters. The lowest BCUT2D eigenvalue weighted by molar-refractivity contribution is 0.100. The van der Waals surface area contributed by atoms with Gasteiger partial charge in [-0.2, -0.15) is 10.1 Å². The Labute approximate surface area is 244 Å². The fourth-order valence-corrected chi connectivity index (χ4v) is 7.71. The molecule has 2 bridgehead atoms. The lowest BCUT2D eigenvalue weighted by Gasteiger charge is -2.31. The molecule has 2 aromatic heterocycles. The summed E-state index contributed by atoms with van der Waals surface area (Å²) in [6, 6.07) is 7.15. The lowest BCUT2D eigenvalue weighted by atomic mass is 10.1.